The summed E-state index contributed by atoms with van der Waals surface area (Å²) in [5, 5.41) is 16.8. The molecule has 1 saturated heterocycles. The lowest BCUT2D eigenvalue weighted by molar-refractivity contribution is 0.668. The quantitative estimate of drug-likeness (QED) is 0.524. The lowest BCUT2D eigenvalue weighted by Gasteiger charge is -2.24. The minimum Gasteiger partial charge on any atom is -0.339 e. The molecule has 0 bridgehead atoms. The van der Waals surface area contributed by atoms with Gasteiger partial charge in [0.15, 0.2) is 5.65 Å². The summed E-state index contributed by atoms with van der Waals surface area (Å²) in [6.45, 7) is 5.96. The molecule has 1 unspecified atom stereocenters. The third kappa shape index (κ3) is 3.23. The van der Waals surface area contributed by atoms with E-state index in [-0.39, 0.29) is 0 Å². The third-order valence-corrected chi connectivity index (χ3v) is 6.02. The number of aromatic nitrogens is 6. The van der Waals surface area contributed by atoms with Gasteiger partial charge in [0.2, 0.25) is 0 Å². The third-order valence-electron chi connectivity index (χ3n) is 5.22. The molecule has 9 nitrogen and oxygen atoms in total. The van der Waals surface area contributed by atoms with E-state index in [0.29, 0.717) is 6.04 Å². The molecule has 10 heteroatoms. The average molecular weight is 410 g/mol. The van der Waals surface area contributed by atoms with E-state index in [1.54, 1.807) is 4.68 Å². The summed E-state index contributed by atoms with van der Waals surface area (Å²) in [7, 11) is 1.91. The Morgan fingerprint density at radius 2 is 2.17 bits per heavy atom. The molecule has 0 aliphatic carbocycles. The summed E-state index contributed by atoms with van der Waals surface area (Å²) in [5.41, 5.74) is 3.76. The molecule has 5 heterocycles. The Morgan fingerprint density at radius 3 is 2.90 bits per heavy atom. The highest BCUT2D eigenvalue weighted by atomic mass is 32.1. The van der Waals surface area contributed by atoms with Crippen LogP contribution in [0, 0.1) is 6.92 Å². The van der Waals surface area contributed by atoms with Crippen LogP contribution in [-0.2, 0) is 7.05 Å². The lowest BCUT2D eigenvalue weighted by atomic mass is 10.2. The van der Waals surface area contributed by atoms with Crippen molar-refractivity contribution in [2.24, 2.45) is 7.05 Å². The molecule has 29 heavy (non-hydrogen) atoms. The van der Waals surface area contributed by atoms with Crippen LogP contribution < -0.4 is 15.5 Å². The highest BCUT2D eigenvalue weighted by molar-refractivity contribution is 7.10. The van der Waals surface area contributed by atoms with Crippen LogP contribution in [-0.4, -0.2) is 48.0 Å². The fraction of sp³-hybridized carbons (Fsp3) is 0.368. The van der Waals surface area contributed by atoms with Gasteiger partial charge in [-0.1, -0.05) is 6.92 Å². The van der Waals surface area contributed by atoms with Crippen LogP contribution in [0.5, 0.6) is 0 Å². The van der Waals surface area contributed by atoms with Crippen molar-refractivity contribution in [1.29, 1.82) is 0 Å². The lowest BCUT2D eigenvalue weighted by Crippen LogP contribution is -2.31. The number of rotatable bonds is 5. The van der Waals surface area contributed by atoms with Gasteiger partial charge in [-0.05, 0) is 30.9 Å². The van der Waals surface area contributed by atoms with Gasteiger partial charge in [0.1, 0.15) is 16.6 Å². The number of hydrogen-bond donors (Lipinski definition) is 2. The molecule has 0 spiro atoms. The van der Waals surface area contributed by atoms with E-state index < -0.39 is 0 Å². The Bertz CT molecular complexity index is 1160. The minimum atomic E-state index is 0.424. The van der Waals surface area contributed by atoms with Gasteiger partial charge in [-0.2, -0.15) is 19.1 Å². The van der Waals surface area contributed by atoms with Crippen molar-refractivity contribution in [2.75, 3.05) is 23.4 Å². The van der Waals surface area contributed by atoms with Crippen molar-refractivity contribution < 1.29 is 0 Å². The van der Waals surface area contributed by atoms with E-state index >= 15 is 0 Å². The van der Waals surface area contributed by atoms with Crippen molar-refractivity contribution in [3.05, 3.63) is 36.4 Å². The van der Waals surface area contributed by atoms with Crippen LogP contribution in [0.4, 0.5) is 16.6 Å². The van der Waals surface area contributed by atoms with Crippen LogP contribution in [0.1, 0.15) is 19.0 Å². The average Bonchev–Trinajstić information content (AvgIpc) is 3.48. The number of aryl methyl sites for hydroxylation is 2. The van der Waals surface area contributed by atoms with Gasteiger partial charge >= 0.3 is 0 Å². The first-order chi connectivity index (χ1) is 14.1. The fourth-order valence-corrected chi connectivity index (χ4v) is 4.39. The summed E-state index contributed by atoms with van der Waals surface area (Å²) < 4.78 is 8.02. The first-order valence-electron chi connectivity index (χ1n) is 9.68. The van der Waals surface area contributed by atoms with E-state index in [4.69, 9.17) is 4.98 Å². The van der Waals surface area contributed by atoms with Gasteiger partial charge < -0.3 is 10.2 Å². The monoisotopic (exact) mass is 409 g/mol. The van der Waals surface area contributed by atoms with Gasteiger partial charge in [-0.25, -0.2) is 4.98 Å². The van der Waals surface area contributed by atoms with Gasteiger partial charge in [0.25, 0.3) is 0 Å². The van der Waals surface area contributed by atoms with Crippen molar-refractivity contribution in [3.8, 4) is 11.1 Å². The molecule has 0 saturated carbocycles. The SMILES string of the molecule is CCC1CNCN1c1cc(Nc2cc(C)ns2)n2ncc(-c3cnn(C)c3)c2n1. The fourth-order valence-electron chi connectivity index (χ4n) is 3.72. The Balaban J connectivity index is 1.66. The maximum absolute atomic E-state index is 5.01. The van der Waals surface area contributed by atoms with Crippen LogP contribution in [0.15, 0.2) is 30.7 Å². The predicted octanol–water partition coefficient (Wildman–Crippen LogP) is 2.78. The molecule has 2 N–H and O–H groups in total. The second kappa shape index (κ2) is 7.12. The van der Waals surface area contributed by atoms with E-state index in [1.165, 1.54) is 11.5 Å². The molecular formula is C19H23N9S. The molecule has 4 aromatic rings. The van der Waals surface area contributed by atoms with Crippen LogP contribution in [0.3, 0.4) is 0 Å². The molecule has 4 aromatic heterocycles. The van der Waals surface area contributed by atoms with Crippen LogP contribution in [0.25, 0.3) is 16.8 Å². The molecule has 0 aromatic carbocycles. The molecule has 1 aliphatic rings. The molecule has 1 fully saturated rings. The van der Waals surface area contributed by atoms with E-state index in [1.807, 2.05) is 43.1 Å². The summed E-state index contributed by atoms with van der Waals surface area (Å²) in [6, 6.07) is 4.53. The molecule has 1 atom stereocenters. The number of anilines is 3. The molecule has 5 rings (SSSR count). The van der Waals surface area contributed by atoms with Crippen molar-refractivity contribution in [3.63, 3.8) is 0 Å². The zero-order valence-corrected chi connectivity index (χ0v) is 17.4. The van der Waals surface area contributed by atoms with Crippen LogP contribution >= 0.6 is 11.5 Å². The molecule has 0 radical (unpaired) electrons. The number of nitrogens with one attached hydrogen (secondary N) is 2. The number of nitrogens with zero attached hydrogens (tertiary/aromatic N) is 7. The van der Waals surface area contributed by atoms with Gasteiger partial charge in [-0.15, -0.1) is 0 Å². The normalized spacial score (nSPS) is 16.8. The van der Waals surface area contributed by atoms with Gasteiger partial charge in [0.05, 0.1) is 24.8 Å². The highest BCUT2D eigenvalue weighted by Gasteiger charge is 2.26. The Kier molecular flexibility index (Phi) is 4.44. The standard InChI is InChI=1S/C19H23N9S/c1-4-14-8-20-11-27(14)16-6-17(23-18-5-12(2)25-29-18)28-19(24-16)15(9-22-28)13-7-21-26(3)10-13/h5-7,9-10,14,20,23H,4,8,11H2,1-3H3. The zero-order chi connectivity index (χ0) is 20.0. The summed E-state index contributed by atoms with van der Waals surface area (Å²) in [6.07, 6.45) is 6.74. The largest absolute Gasteiger partial charge is 0.339 e. The van der Waals surface area contributed by atoms with Crippen molar-refractivity contribution in [1.82, 2.24) is 34.1 Å². The van der Waals surface area contributed by atoms with Crippen molar-refractivity contribution in [2.45, 2.75) is 26.3 Å². The van der Waals surface area contributed by atoms with Crippen LogP contribution in [0.2, 0.25) is 0 Å². The Labute approximate surface area is 172 Å². The molecule has 1 aliphatic heterocycles. The second-order valence-electron chi connectivity index (χ2n) is 7.30. The smallest absolute Gasteiger partial charge is 0.167 e. The van der Waals surface area contributed by atoms with Gasteiger partial charge in [-0.3, -0.25) is 10.00 Å². The summed E-state index contributed by atoms with van der Waals surface area (Å²) in [5.74, 6) is 1.80. The summed E-state index contributed by atoms with van der Waals surface area (Å²) in [4.78, 5) is 7.33. The van der Waals surface area contributed by atoms with Crippen molar-refractivity contribution >= 4 is 33.8 Å². The first kappa shape index (κ1) is 18.1. The summed E-state index contributed by atoms with van der Waals surface area (Å²) >= 11 is 1.44. The molecular weight excluding hydrogens is 386 g/mol. The maximum Gasteiger partial charge on any atom is 0.167 e. The minimum absolute atomic E-state index is 0.424. The molecule has 150 valence electrons. The number of hydrogen-bond acceptors (Lipinski definition) is 8. The second-order valence-corrected chi connectivity index (χ2v) is 8.10. The highest BCUT2D eigenvalue weighted by Crippen LogP contribution is 2.31. The van der Waals surface area contributed by atoms with E-state index in [9.17, 15) is 0 Å². The number of fused-ring (bicyclic) bond motifs is 1. The van der Waals surface area contributed by atoms with E-state index in [0.717, 1.165) is 58.7 Å². The predicted molar refractivity (Wildman–Crippen MR) is 115 cm³/mol. The van der Waals surface area contributed by atoms with E-state index in [2.05, 4.69) is 43.1 Å². The zero-order valence-electron chi connectivity index (χ0n) is 16.6. The first-order valence-corrected chi connectivity index (χ1v) is 10.4. The maximum atomic E-state index is 5.01. The van der Waals surface area contributed by atoms with Gasteiger partial charge in [0, 0.05) is 43.0 Å². The Hall–Kier alpha value is -2.98. The topological polar surface area (TPSA) is 88.2 Å². The Morgan fingerprint density at radius 1 is 1.28 bits per heavy atom. The molecule has 0 amide bonds.